The molecule has 1 heterocycles. The molecule has 0 atom stereocenters. The average molecular weight is 433 g/mol. The molecule has 2 N–H and O–H groups in total. The quantitative estimate of drug-likeness (QED) is 0.395. The average Bonchev–Trinajstić information content (AvgIpc) is 2.71. The standard InChI is InChI=1S/C20H18Cl2N4OS/c21-16-7-3-1-5-14(16)10-23-18-9-20(26-13-25-18)28-12-19(27)24-11-15-6-2-4-8-17(15)22/h1-9,13H,10-12H2,(H,24,27)(H,23,25,26). The van der Waals surface area contributed by atoms with Gasteiger partial charge in [0.2, 0.25) is 5.91 Å². The van der Waals surface area contributed by atoms with E-state index in [1.165, 1.54) is 18.1 Å². The summed E-state index contributed by atoms with van der Waals surface area (Å²) in [5.74, 6) is 0.841. The van der Waals surface area contributed by atoms with E-state index in [1.807, 2.05) is 48.5 Å². The van der Waals surface area contributed by atoms with Crippen LogP contribution in [0, 0.1) is 0 Å². The zero-order valence-corrected chi connectivity index (χ0v) is 17.2. The molecule has 1 amide bonds. The molecule has 8 heteroatoms. The van der Waals surface area contributed by atoms with Crippen molar-refractivity contribution >= 4 is 46.7 Å². The van der Waals surface area contributed by atoms with Gasteiger partial charge >= 0.3 is 0 Å². The Bertz CT molecular complexity index is 955. The van der Waals surface area contributed by atoms with Gasteiger partial charge in [-0.25, -0.2) is 9.97 Å². The third kappa shape index (κ3) is 6.12. The number of rotatable bonds is 8. The third-order valence-corrected chi connectivity index (χ3v) is 5.51. The summed E-state index contributed by atoms with van der Waals surface area (Å²) in [5.41, 5.74) is 1.87. The van der Waals surface area contributed by atoms with Gasteiger partial charge in [0.1, 0.15) is 17.2 Å². The Morgan fingerprint density at radius 2 is 1.57 bits per heavy atom. The first-order valence-electron chi connectivity index (χ1n) is 8.54. The molecule has 0 unspecified atom stereocenters. The lowest BCUT2D eigenvalue weighted by Crippen LogP contribution is -2.24. The van der Waals surface area contributed by atoms with Crippen molar-refractivity contribution in [1.29, 1.82) is 0 Å². The summed E-state index contributed by atoms with van der Waals surface area (Å²) in [6.45, 7) is 0.951. The summed E-state index contributed by atoms with van der Waals surface area (Å²) in [5, 5.41) is 8.13. The van der Waals surface area contributed by atoms with E-state index in [0.717, 1.165) is 11.1 Å². The maximum atomic E-state index is 12.1. The molecular weight excluding hydrogens is 415 g/mol. The lowest BCUT2D eigenvalue weighted by molar-refractivity contribution is -0.118. The van der Waals surface area contributed by atoms with Crippen LogP contribution >= 0.6 is 35.0 Å². The van der Waals surface area contributed by atoms with Crippen molar-refractivity contribution in [2.24, 2.45) is 0 Å². The van der Waals surface area contributed by atoms with Crippen molar-refractivity contribution in [3.63, 3.8) is 0 Å². The lowest BCUT2D eigenvalue weighted by Gasteiger charge is -2.09. The number of hydrogen-bond donors (Lipinski definition) is 2. The van der Waals surface area contributed by atoms with Gasteiger partial charge in [-0.05, 0) is 23.3 Å². The number of carbonyl (C=O) groups excluding carboxylic acids is 1. The van der Waals surface area contributed by atoms with E-state index in [-0.39, 0.29) is 11.7 Å². The molecule has 0 radical (unpaired) electrons. The highest BCUT2D eigenvalue weighted by Gasteiger charge is 2.07. The Morgan fingerprint density at radius 1 is 0.929 bits per heavy atom. The Labute approximate surface area is 177 Å². The molecule has 0 saturated heterocycles. The number of nitrogens with one attached hydrogen (secondary N) is 2. The van der Waals surface area contributed by atoms with E-state index in [4.69, 9.17) is 23.2 Å². The fourth-order valence-corrected chi connectivity index (χ4v) is 3.47. The van der Waals surface area contributed by atoms with Gasteiger partial charge in [0, 0.05) is 29.2 Å². The second-order valence-corrected chi connectivity index (χ2v) is 7.65. The Kier molecular flexibility index (Phi) is 7.54. The van der Waals surface area contributed by atoms with Crippen LogP contribution in [0.5, 0.6) is 0 Å². The Hall–Kier alpha value is -2.28. The topological polar surface area (TPSA) is 66.9 Å². The van der Waals surface area contributed by atoms with Gasteiger partial charge in [0.25, 0.3) is 0 Å². The van der Waals surface area contributed by atoms with Crippen LogP contribution in [0.4, 0.5) is 5.82 Å². The molecule has 0 saturated carbocycles. The van der Waals surface area contributed by atoms with Crippen molar-refractivity contribution in [3.8, 4) is 0 Å². The second kappa shape index (κ2) is 10.3. The maximum Gasteiger partial charge on any atom is 0.230 e. The number of amides is 1. The molecule has 5 nitrogen and oxygen atoms in total. The molecule has 28 heavy (non-hydrogen) atoms. The first kappa shape index (κ1) is 20.5. The van der Waals surface area contributed by atoms with Crippen LogP contribution in [0.3, 0.4) is 0 Å². The molecule has 0 bridgehead atoms. The molecule has 0 aliphatic carbocycles. The molecule has 3 aromatic rings. The van der Waals surface area contributed by atoms with Crippen LogP contribution in [0.1, 0.15) is 11.1 Å². The molecule has 1 aromatic heterocycles. The van der Waals surface area contributed by atoms with E-state index < -0.39 is 0 Å². The van der Waals surface area contributed by atoms with E-state index >= 15 is 0 Å². The van der Waals surface area contributed by atoms with E-state index in [2.05, 4.69) is 20.6 Å². The zero-order valence-electron chi connectivity index (χ0n) is 14.9. The normalized spacial score (nSPS) is 10.5. The summed E-state index contributed by atoms with van der Waals surface area (Å²) in [4.78, 5) is 20.5. The van der Waals surface area contributed by atoms with Crippen LogP contribution in [0.15, 0.2) is 66.0 Å². The number of aromatic nitrogens is 2. The number of hydrogen-bond acceptors (Lipinski definition) is 5. The number of carbonyl (C=O) groups is 1. The van der Waals surface area contributed by atoms with Gasteiger partial charge in [-0.1, -0.05) is 71.4 Å². The summed E-state index contributed by atoms with van der Waals surface area (Å²) >= 11 is 13.6. The SMILES string of the molecule is O=C(CSc1cc(NCc2ccccc2Cl)ncn1)NCc1ccccc1Cl. The highest BCUT2D eigenvalue weighted by atomic mass is 35.5. The van der Waals surface area contributed by atoms with Crippen LogP contribution in [-0.4, -0.2) is 21.6 Å². The van der Waals surface area contributed by atoms with Gasteiger partial charge in [0.15, 0.2) is 0 Å². The summed E-state index contributed by atoms with van der Waals surface area (Å²) in [6, 6.07) is 16.9. The number of anilines is 1. The highest BCUT2D eigenvalue weighted by molar-refractivity contribution is 7.99. The summed E-state index contributed by atoms with van der Waals surface area (Å²) in [7, 11) is 0. The van der Waals surface area contributed by atoms with Crippen molar-refractivity contribution in [3.05, 3.63) is 82.1 Å². The van der Waals surface area contributed by atoms with Crippen molar-refractivity contribution in [2.45, 2.75) is 18.1 Å². The fraction of sp³-hybridized carbons (Fsp3) is 0.150. The van der Waals surface area contributed by atoms with E-state index in [9.17, 15) is 4.79 Å². The van der Waals surface area contributed by atoms with Crippen molar-refractivity contribution in [1.82, 2.24) is 15.3 Å². The van der Waals surface area contributed by atoms with Gasteiger partial charge in [-0.2, -0.15) is 0 Å². The molecule has 0 fully saturated rings. The smallest absolute Gasteiger partial charge is 0.230 e. The number of nitrogens with zero attached hydrogens (tertiary/aromatic N) is 2. The van der Waals surface area contributed by atoms with Gasteiger partial charge in [0.05, 0.1) is 5.75 Å². The first-order chi connectivity index (χ1) is 13.6. The predicted octanol–water partition coefficient (Wildman–Crippen LogP) is 4.80. The summed E-state index contributed by atoms with van der Waals surface area (Å²) < 4.78 is 0. The largest absolute Gasteiger partial charge is 0.366 e. The minimum atomic E-state index is -0.0888. The third-order valence-electron chi connectivity index (χ3n) is 3.84. The molecule has 3 rings (SSSR count). The summed E-state index contributed by atoms with van der Waals surface area (Å²) in [6.07, 6.45) is 1.47. The van der Waals surface area contributed by atoms with Crippen LogP contribution < -0.4 is 10.6 Å². The molecule has 0 aliphatic heterocycles. The maximum absolute atomic E-state index is 12.1. The van der Waals surface area contributed by atoms with Crippen LogP contribution in [0.25, 0.3) is 0 Å². The monoisotopic (exact) mass is 432 g/mol. The lowest BCUT2D eigenvalue weighted by atomic mass is 10.2. The van der Waals surface area contributed by atoms with Gasteiger partial charge < -0.3 is 10.6 Å². The van der Waals surface area contributed by atoms with E-state index in [1.54, 1.807) is 6.07 Å². The van der Waals surface area contributed by atoms with Crippen molar-refractivity contribution in [2.75, 3.05) is 11.1 Å². The molecule has 144 valence electrons. The van der Waals surface area contributed by atoms with E-state index in [0.29, 0.717) is 34.0 Å². The molecule has 0 spiro atoms. The fourth-order valence-electron chi connectivity index (χ4n) is 2.37. The van der Waals surface area contributed by atoms with Crippen molar-refractivity contribution < 1.29 is 4.79 Å². The molecular formula is C20H18Cl2N4OS. The highest BCUT2D eigenvalue weighted by Crippen LogP contribution is 2.20. The predicted molar refractivity (Wildman–Crippen MR) is 115 cm³/mol. The van der Waals surface area contributed by atoms with Gasteiger partial charge in [-0.15, -0.1) is 0 Å². The Morgan fingerprint density at radius 3 is 2.25 bits per heavy atom. The minimum absolute atomic E-state index is 0.0888. The zero-order chi connectivity index (χ0) is 19.8. The van der Waals surface area contributed by atoms with Gasteiger partial charge in [-0.3, -0.25) is 4.79 Å². The van der Waals surface area contributed by atoms with Crippen LogP contribution in [0.2, 0.25) is 10.0 Å². The number of benzene rings is 2. The minimum Gasteiger partial charge on any atom is -0.366 e. The first-order valence-corrected chi connectivity index (χ1v) is 10.3. The molecule has 0 aliphatic rings. The number of thioether (sulfide) groups is 1. The molecule has 2 aromatic carbocycles. The van der Waals surface area contributed by atoms with Crippen LogP contribution in [-0.2, 0) is 17.9 Å². The second-order valence-electron chi connectivity index (χ2n) is 5.84. The Balaban J connectivity index is 1.48. The number of halogens is 2.